The molecular weight excluding hydrogens is 391 g/mol. The number of alkyl halides is 3. The molecule has 1 atom stereocenters. The maximum atomic E-state index is 13.8. The van der Waals surface area contributed by atoms with Crippen LogP contribution >= 0.6 is 11.6 Å². The first kappa shape index (κ1) is 20.4. The van der Waals surface area contributed by atoms with Gasteiger partial charge in [-0.05, 0) is 48.7 Å². The Morgan fingerprint density at radius 2 is 1.86 bits per heavy atom. The van der Waals surface area contributed by atoms with Crippen molar-refractivity contribution in [3.05, 3.63) is 58.6 Å². The molecule has 1 fully saturated rings. The van der Waals surface area contributed by atoms with E-state index < -0.39 is 17.3 Å². The lowest BCUT2D eigenvalue weighted by Gasteiger charge is -2.28. The first-order valence-electron chi connectivity index (χ1n) is 8.71. The van der Waals surface area contributed by atoms with Crippen LogP contribution in [0.2, 0.25) is 5.02 Å². The van der Waals surface area contributed by atoms with Crippen LogP contribution < -0.4 is 10.1 Å². The standard InChI is InChI=1S/C21H19ClF3NO2/c1-28-17-7-4-15(5-8-17)13-26-19-9-6-16(22)12-18(19)20(27,21(23,24)25)11-10-14-2-3-14/h4-9,12,14,26-27H,2-3,13H2,1H3. The van der Waals surface area contributed by atoms with Gasteiger partial charge in [0, 0.05) is 28.7 Å². The highest BCUT2D eigenvalue weighted by atomic mass is 35.5. The fourth-order valence-corrected chi connectivity index (χ4v) is 2.81. The maximum Gasteiger partial charge on any atom is 0.433 e. The van der Waals surface area contributed by atoms with Gasteiger partial charge in [0.05, 0.1) is 7.11 Å². The molecule has 0 aromatic heterocycles. The molecular formula is C21H19ClF3NO2. The van der Waals surface area contributed by atoms with E-state index in [0.717, 1.165) is 24.5 Å². The summed E-state index contributed by atoms with van der Waals surface area (Å²) in [5, 5.41) is 13.6. The van der Waals surface area contributed by atoms with Crippen LogP contribution in [0.25, 0.3) is 0 Å². The van der Waals surface area contributed by atoms with Crippen LogP contribution in [0.3, 0.4) is 0 Å². The second kappa shape index (κ2) is 7.94. The van der Waals surface area contributed by atoms with Crippen LogP contribution in [0.4, 0.5) is 18.9 Å². The number of halogens is 4. The molecule has 0 aliphatic heterocycles. The molecule has 0 saturated heterocycles. The van der Waals surface area contributed by atoms with Crippen molar-refractivity contribution < 1.29 is 23.0 Å². The van der Waals surface area contributed by atoms with Crippen LogP contribution in [0.1, 0.15) is 24.0 Å². The minimum absolute atomic E-state index is 0.0842. The van der Waals surface area contributed by atoms with Gasteiger partial charge in [0.25, 0.3) is 0 Å². The average molecular weight is 410 g/mol. The van der Waals surface area contributed by atoms with E-state index >= 15 is 0 Å². The SMILES string of the molecule is COc1ccc(CNc2ccc(Cl)cc2C(O)(C#CC2CC2)C(F)(F)F)cc1. The lowest BCUT2D eigenvalue weighted by atomic mass is 9.91. The Balaban J connectivity index is 1.93. The highest BCUT2D eigenvalue weighted by Gasteiger charge is 2.55. The topological polar surface area (TPSA) is 41.5 Å². The van der Waals surface area contributed by atoms with Crippen molar-refractivity contribution in [2.45, 2.75) is 31.2 Å². The number of hydrogen-bond donors (Lipinski definition) is 2. The zero-order valence-electron chi connectivity index (χ0n) is 15.1. The smallest absolute Gasteiger partial charge is 0.433 e. The van der Waals surface area contributed by atoms with Gasteiger partial charge in [-0.1, -0.05) is 35.6 Å². The van der Waals surface area contributed by atoms with E-state index in [4.69, 9.17) is 16.3 Å². The zero-order valence-corrected chi connectivity index (χ0v) is 15.9. The van der Waals surface area contributed by atoms with Gasteiger partial charge < -0.3 is 15.2 Å². The summed E-state index contributed by atoms with van der Waals surface area (Å²) in [7, 11) is 1.55. The molecule has 1 saturated carbocycles. The first-order chi connectivity index (χ1) is 13.2. The van der Waals surface area contributed by atoms with Crippen LogP contribution in [0.15, 0.2) is 42.5 Å². The summed E-state index contributed by atoms with van der Waals surface area (Å²) in [6.45, 7) is 0.253. The molecule has 7 heteroatoms. The van der Waals surface area contributed by atoms with Gasteiger partial charge in [-0.25, -0.2) is 0 Å². The van der Waals surface area contributed by atoms with Crippen LogP contribution in [-0.2, 0) is 12.1 Å². The van der Waals surface area contributed by atoms with E-state index in [1.807, 2.05) is 0 Å². The van der Waals surface area contributed by atoms with Crippen molar-refractivity contribution in [1.29, 1.82) is 0 Å². The molecule has 2 N–H and O–H groups in total. The van der Waals surface area contributed by atoms with Gasteiger partial charge >= 0.3 is 6.18 Å². The second-order valence-corrected chi connectivity index (χ2v) is 7.08. The number of rotatable bonds is 5. The van der Waals surface area contributed by atoms with E-state index in [0.29, 0.717) is 5.75 Å². The average Bonchev–Trinajstić information content (AvgIpc) is 3.49. The van der Waals surface area contributed by atoms with E-state index in [1.54, 1.807) is 31.4 Å². The normalized spacial score (nSPS) is 15.9. The van der Waals surface area contributed by atoms with E-state index in [2.05, 4.69) is 17.2 Å². The number of ether oxygens (including phenoxy) is 1. The Kier molecular flexibility index (Phi) is 5.78. The van der Waals surface area contributed by atoms with E-state index in [9.17, 15) is 18.3 Å². The van der Waals surface area contributed by atoms with Crippen molar-refractivity contribution in [1.82, 2.24) is 0 Å². The Morgan fingerprint density at radius 3 is 2.43 bits per heavy atom. The Morgan fingerprint density at radius 1 is 1.18 bits per heavy atom. The van der Waals surface area contributed by atoms with Gasteiger partial charge in [-0.2, -0.15) is 13.2 Å². The summed E-state index contributed by atoms with van der Waals surface area (Å²) in [5.74, 6) is 5.18. The predicted molar refractivity (Wildman–Crippen MR) is 102 cm³/mol. The molecule has 1 unspecified atom stereocenters. The third-order valence-electron chi connectivity index (χ3n) is 4.46. The third kappa shape index (κ3) is 4.54. The fraction of sp³-hybridized carbons (Fsp3) is 0.333. The molecule has 1 aliphatic carbocycles. The van der Waals surface area contributed by atoms with Crippen molar-refractivity contribution in [3.63, 3.8) is 0 Å². The molecule has 28 heavy (non-hydrogen) atoms. The summed E-state index contributed by atoms with van der Waals surface area (Å²) in [4.78, 5) is 0. The summed E-state index contributed by atoms with van der Waals surface area (Å²) in [6.07, 6.45) is -3.48. The molecule has 0 amide bonds. The maximum absolute atomic E-state index is 13.8. The molecule has 3 rings (SSSR count). The molecule has 3 nitrogen and oxygen atoms in total. The molecule has 1 aliphatic rings. The minimum atomic E-state index is -4.98. The van der Waals surface area contributed by atoms with E-state index in [1.165, 1.54) is 12.1 Å². The van der Waals surface area contributed by atoms with Crippen LogP contribution in [-0.4, -0.2) is 18.4 Å². The number of methoxy groups -OCH3 is 1. The largest absolute Gasteiger partial charge is 0.497 e. The first-order valence-corrected chi connectivity index (χ1v) is 9.09. The quantitative estimate of drug-likeness (QED) is 0.673. The predicted octanol–water partition coefficient (Wildman–Crippen LogP) is 5.12. The highest BCUT2D eigenvalue weighted by Crippen LogP contribution is 2.43. The van der Waals surface area contributed by atoms with E-state index in [-0.39, 0.29) is 23.2 Å². The number of aliphatic hydroxyl groups is 1. The van der Waals surface area contributed by atoms with Crippen LogP contribution in [0, 0.1) is 17.8 Å². The number of nitrogens with one attached hydrogen (secondary N) is 1. The fourth-order valence-electron chi connectivity index (χ4n) is 2.64. The van der Waals surface area contributed by atoms with Crippen molar-refractivity contribution >= 4 is 17.3 Å². The Hall–Kier alpha value is -2.36. The number of hydrogen-bond acceptors (Lipinski definition) is 3. The van der Waals surface area contributed by atoms with Gasteiger partial charge in [0.2, 0.25) is 5.60 Å². The summed E-state index contributed by atoms with van der Waals surface area (Å²) >= 11 is 5.93. The van der Waals surface area contributed by atoms with Gasteiger partial charge in [0.15, 0.2) is 0 Å². The van der Waals surface area contributed by atoms with Crippen molar-refractivity contribution in [2.24, 2.45) is 5.92 Å². The minimum Gasteiger partial charge on any atom is -0.497 e. The molecule has 0 radical (unpaired) electrons. The third-order valence-corrected chi connectivity index (χ3v) is 4.69. The highest BCUT2D eigenvalue weighted by molar-refractivity contribution is 6.30. The number of benzene rings is 2. The molecule has 148 valence electrons. The molecule has 2 aromatic carbocycles. The zero-order chi connectivity index (χ0) is 20.4. The molecule has 2 aromatic rings. The second-order valence-electron chi connectivity index (χ2n) is 6.64. The van der Waals surface area contributed by atoms with Crippen molar-refractivity contribution in [2.75, 3.05) is 12.4 Å². The number of anilines is 1. The van der Waals surface area contributed by atoms with Gasteiger partial charge in [0.1, 0.15) is 5.75 Å². The lowest BCUT2D eigenvalue weighted by molar-refractivity contribution is -0.240. The van der Waals surface area contributed by atoms with Crippen LogP contribution in [0.5, 0.6) is 5.75 Å². The molecule has 0 bridgehead atoms. The Labute approximate surface area is 166 Å². The van der Waals surface area contributed by atoms with Gasteiger partial charge in [-0.15, -0.1) is 0 Å². The monoisotopic (exact) mass is 409 g/mol. The summed E-state index contributed by atoms with van der Waals surface area (Å²) in [5.41, 5.74) is -2.76. The summed E-state index contributed by atoms with van der Waals surface area (Å²) in [6, 6.07) is 11.1. The van der Waals surface area contributed by atoms with Gasteiger partial charge in [-0.3, -0.25) is 0 Å². The Bertz CT molecular complexity index is 899. The summed E-state index contributed by atoms with van der Waals surface area (Å²) < 4.78 is 46.4. The van der Waals surface area contributed by atoms with Crippen molar-refractivity contribution in [3.8, 4) is 17.6 Å². The molecule has 0 spiro atoms. The lowest BCUT2D eigenvalue weighted by Crippen LogP contribution is -2.41. The molecule has 0 heterocycles.